The standard InChI is InChI=1S/C12H18N2O2S/c1-2-13-10-11-6-3-4-7-12(11)14-8-5-9-17(14,15)16/h3-4,6-7,13H,2,5,8-10H2,1H3. The van der Waals surface area contributed by atoms with Gasteiger partial charge in [-0.05, 0) is 24.6 Å². The van der Waals surface area contributed by atoms with Crippen molar-refractivity contribution in [1.82, 2.24) is 5.32 Å². The molecule has 0 atom stereocenters. The predicted molar refractivity (Wildman–Crippen MR) is 69.6 cm³/mol. The molecule has 1 N–H and O–H groups in total. The molecular formula is C12H18N2O2S. The molecule has 4 nitrogen and oxygen atoms in total. The van der Waals surface area contributed by atoms with Crippen LogP contribution in [0.3, 0.4) is 0 Å². The summed E-state index contributed by atoms with van der Waals surface area (Å²) in [4.78, 5) is 0. The lowest BCUT2D eigenvalue weighted by molar-refractivity contribution is 0.599. The molecule has 0 spiro atoms. The third kappa shape index (κ3) is 2.61. The van der Waals surface area contributed by atoms with Crippen LogP contribution >= 0.6 is 0 Å². The van der Waals surface area contributed by atoms with Gasteiger partial charge >= 0.3 is 0 Å². The molecule has 1 fully saturated rings. The fourth-order valence-electron chi connectivity index (χ4n) is 2.07. The van der Waals surface area contributed by atoms with Crippen LogP contribution in [0.4, 0.5) is 5.69 Å². The minimum atomic E-state index is -3.08. The van der Waals surface area contributed by atoms with Crippen molar-refractivity contribution in [2.75, 3.05) is 23.1 Å². The highest BCUT2D eigenvalue weighted by atomic mass is 32.2. The zero-order chi connectivity index (χ0) is 12.3. The molecule has 0 amide bonds. The SMILES string of the molecule is CCNCc1ccccc1N1CCCS1(=O)=O. The number of sulfonamides is 1. The number of nitrogens with zero attached hydrogens (tertiary/aromatic N) is 1. The normalized spacial score (nSPS) is 18.5. The lowest BCUT2D eigenvalue weighted by atomic mass is 10.1. The minimum Gasteiger partial charge on any atom is -0.313 e. The minimum absolute atomic E-state index is 0.266. The summed E-state index contributed by atoms with van der Waals surface area (Å²) < 4.78 is 25.3. The van der Waals surface area contributed by atoms with Gasteiger partial charge in [-0.3, -0.25) is 4.31 Å². The van der Waals surface area contributed by atoms with Crippen molar-refractivity contribution < 1.29 is 8.42 Å². The van der Waals surface area contributed by atoms with Crippen LogP contribution in [0, 0.1) is 0 Å². The number of hydrogen-bond acceptors (Lipinski definition) is 3. The Labute approximate surface area is 103 Å². The van der Waals surface area contributed by atoms with E-state index in [4.69, 9.17) is 0 Å². The van der Waals surface area contributed by atoms with Crippen molar-refractivity contribution in [3.8, 4) is 0 Å². The first-order chi connectivity index (χ1) is 8.15. The highest BCUT2D eigenvalue weighted by Crippen LogP contribution is 2.27. The van der Waals surface area contributed by atoms with Gasteiger partial charge in [0.25, 0.3) is 0 Å². The fourth-order valence-corrected chi connectivity index (χ4v) is 3.67. The van der Waals surface area contributed by atoms with Gasteiger partial charge < -0.3 is 5.32 Å². The third-order valence-electron chi connectivity index (χ3n) is 2.93. The van der Waals surface area contributed by atoms with Crippen LogP contribution in [0.15, 0.2) is 24.3 Å². The van der Waals surface area contributed by atoms with Crippen LogP contribution in [-0.2, 0) is 16.6 Å². The van der Waals surface area contributed by atoms with Crippen molar-refractivity contribution in [3.63, 3.8) is 0 Å². The van der Waals surface area contributed by atoms with E-state index in [9.17, 15) is 8.42 Å². The van der Waals surface area contributed by atoms with E-state index in [1.807, 2.05) is 31.2 Å². The Kier molecular flexibility index (Phi) is 3.69. The Hall–Kier alpha value is -1.07. The number of benzene rings is 1. The first kappa shape index (κ1) is 12.4. The van der Waals surface area contributed by atoms with E-state index >= 15 is 0 Å². The van der Waals surface area contributed by atoms with Gasteiger partial charge in [-0.2, -0.15) is 0 Å². The molecule has 94 valence electrons. The Morgan fingerprint density at radius 3 is 2.76 bits per heavy atom. The Bertz CT molecular complexity index is 485. The van der Waals surface area contributed by atoms with E-state index in [-0.39, 0.29) is 5.75 Å². The average molecular weight is 254 g/mol. The van der Waals surface area contributed by atoms with E-state index < -0.39 is 10.0 Å². The maximum absolute atomic E-state index is 11.9. The smallest absolute Gasteiger partial charge is 0.235 e. The number of para-hydroxylation sites is 1. The molecular weight excluding hydrogens is 236 g/mol. The number of rotatable bonds is 4. The molecule has 0 unspecified atom stereocenters. The highest BCUT2D eigenvalue weighted by Gasteiger charge is 2.29. The summed E-state index contributed by atoms with van der Waals surface area (Å²) in [5.74, 6) is 0.266. The summed E-state index contributed by atoms with van der Waals surface area (Å²) in [7, 11) is -3.08. The second-order valence-electron chi connectivity index (χ2n) is 4.15. The summed E-state index contributed by atoms with van der Waals surface area (Å²) in [6, 6.07) is 7.69. The molecule has 17 heavy (non-hydrogen) atoms. The zero-order valence-corrected chi connectivity index (χ0v) is 10.8. The first-order valence-corrected chi connectivity index (χ1v) is 7.55. The molecule has 0 aromatic heterocycles. The molecule has 1 aromatic rings. The van der Waals surface area contributed by atoms with Crippen LogP contribution in [0.2, 0.25) is 0 Å². The molecule has 0 radical (unpaired) electrons. The Morgan fingerprint density at radius 2 is 2.12 bits per heavy atom. The van der Waals surface area contributed by atoms with Gasteiger partial charge in [0, 0.05) is 13.1 Å². The number of anilines is 1. The predicted octanol–water partition coefficient (Wildman–Crippen LogP) is 1.34. The average Bonchev–Trinajstić information content (AvgIpc) is 2.66. The lowest BCUT2D eigenvalue weighted by Gasteiger charge is -2.20. The first-order valence-electron chi connectivity index (χ1n) is 5.94. The van der Waals surface area contributed by atoms with Gasteiger partial charge in [-0.25, -0.2) is 8.42 Å². The fraction of sp³-hybridized carbons (Fsp3) is 0.500. The zero-order valence-electron chi connectivity index (χ0n) is 10.0. The molecule has 5 heteroatoms. The second kappa shape index (κ2) is 5.06. The number of hydrogen-bond donors (Lipinski definition) is 1. The van der Waals surface area contributed by atoms with Gasteiger partial charge in [-0.1, -0.05) is 25.1 Å². The summed E-state index contributed by atoms with van der Waals surface area (Å²) in [5.41, 5.74) is 1.87. The van der Waals surface area contributed by atoms with Crippen LogP contribution in [0.25, 0.3) is 0 Å². The quantitative estimate of drug-likeness (QED) is 0.882. The third-order valence-corrected chi connectivity index (χ3v) is 4.78. The van der Waals surface area contributed by atoms with Crippen molar-refractivity contribution in [2.45, 2.75) is 19.9 Å². The molecule has 1 aromatic carbocycles. The van der Waals surface area contributed by atoms with E-state index in [1.165, 1.54) is 0 Å². The molecule has 0 saturated carbocycles. The van der Waals surface area contributed by atoms with Gasteiger partial charge in [0.05, 0.1) is 11.4 Å². The summed E-state index contributed by atoms with van der Waals surface area (Å²) in [6.45, 7) is 4.22. The monoisotopic (exact) mass is 254 g/mol. The van der Waals surface area contributed by atoms with Gasteiger partial charge in [0.15, 0.2) is 0 Å². The molecule has 0 aliphatic carbocycles. The van der Waals surface area contributed by atoms with Gasteiger partial charge in [0.1, 0.15) is 0 Å². The van der Waals surface area contributed by atoms with E-state index in [0.29, 0.717) is 13.1 Å². The topological polar surface area (TPSA) is 49.4 Å². The van der Waals surface area contributed by atoms with Crippen molar-refractivity contribution in [1.29, 1.82) is 0 Å². The summed E-state index contributed by atoms with van der Waals surface area (Å²) in [6.07, 6.45) is 0.720. The molecule has 1 heterocycles. The van der Waals surface area contributed by atoms with Crippen LogP contribution in [0.1, 0.15) is 18.9 Å². The van der Waals surface area contributed by atoms with E-state index in [2.05, 4.69) is 5.32 Å². The highest BCUT2D eigenvalue weighted by molar-refractivity contribution is 7.93. The Morgan fingerprint density at radius 1 is 1.35 bits per heavy atom. The van der Waals surface area contributed by atoms with Crippen LogP contribution in [0.5, 0.6) is 0 Å². The molecule has 2 rings (SSSR count). The van der Waals surface area contributed by atoms with Gasteiger partial charge in [0.2, 0.25) is 10.0 Å². The second-order valence-corrected chi connectivity index (χ2v) is 6.16. The van der Waals surface area contributed by atoms with Crippen molar-refractivity contribution >= 4 is 15.7 Å². The van der Waals surface area contributed by atoms with Crippen LogP contribution in [-0.4, -0.2) is 27.3 Å². The van der Waals surface area contributed by atoms with E-state index in [0.717, 1.165) is 24.2 Å². The maximum Gasteiger partial charge on any atom is 0.235 e. The molecule has 1 aliphatic rings. The van der Waals surface area contributed by atoms with E-state index in [1.54, 1.807) is 4.31 Å². The van der Waals surface area contributed by atoms with Crippen molar-refractivity contribution in [3.05, 3.63) is 29.8 Å². The van der Waals surface area contributed by atoms with Gasteiger partial charge in [-0.15, -0.1) is 0 Å². The largest absolute Gasteiger partial charge is 0.313 e. The summed E-state index contributed by atoms with van der Waals surface area (Å²) in [5, 5.41) is 3.23. The molecule has 0 bridgehead atoms. The molecule has 1 saturated heterocycles. The molecule has 1 aliphatic heterocycles. The van der Waals surface area contributed by atoms with Crippen LogP contribution < -0.4 is 9.62 Å². The maximum atomic E-state index is 11.9. The van der Waals surface area contributed by atoms with Crippen molar-refractivity contribution in [2.24, 2.45) is 0 Å². The summed E-state index contributed by atoms with van der Waals surface area (Å²) >= 11 is 0. The lowest BCUT2D eigenvalue weighted by Crippen LogP contribution is -2.27. The Balaban J connectivity index is 2.31. The number of nitrogens with one attached hydrogen (secondary N) is 1.